The molecule has 3 rings (SSSR count). The van der Waals surface area contributed by atoms with Gasteiger partial charge in [0.2, 0.25) is 0 Å². The Balaban J connectivity index is 1.70. The molecule has 0 bridgehead atoms. The number of hydrogen-bond donors (Lipinski definition) is 0. The lowest BCUT2D eigenvalue weighted by Gasteiger charge is -2.19. The fourth-order valence-corrected chi connectivity index (χ4v) is 4.27. The van der Waals surface area contributed by atoms with Gasteiger partial charge in [-0.15, -0.1) is 0 Å². The first kappa shape index (κ1) is 14.1. The summed E-state index contributed by atoms with van der Waals surface area (Å²) in [6.45, 7) is 4.50. The van der Waals surface area contributed by atoms with E-state index < -0.39 is 0 Å². The van der Waals surface area contributed by atoms with Gasteiger partial charge in [0.05, 0.1) is 10.6 Å². The molecule has 2 fully saturated rings. The average molecular weight is 292 g/mol. The van der Waals surface area contributed by atoms with Gasteiger partial charge in [0.25, 0.3) is 0 Å². The van der Waals surface area contributed by atoms with E-state index in [1.807, 2.05) is 0 Å². The number of carbonyl (C=O) groups is 1. The van der Waals surface area contributed by atoms with Crippen LogP contribution in [0.3, 0.4) is 0 Å². The second kappa shape index (κ2) is 6.25. The van der Waals surface area contributed by atoms with E-state index in [-0.39, 0.29) is 0 Å². The molecule has 2 aliphatic rings. The normalized spacial score (nSPS) is 23.6. The average Bonchev–Trinajstić information content (AvgIpc) is 3.25. The number of anilines is 1. The van der Waals surface area contributed by atoms with E-state index in [0.29, 0.717) is 5.92 Å². The number of aldehydes is 1. The van der Waals surface area contributed by atoms with E-state index in [1.165, 1.54) is 44.9 Å². The molecule has 0 radical (unpaired) electrons. The first-order valence-corrected chi connectivity index (χ1v) is 8.84. The molecular formula is C16H24N2OS. The van der Waals surface area contributed by atoms with E-state index in [4.69, 9.17) is 4.98 Å². The lowest BCUT2D eigenvalue weighted by atomic mass is 9.96. The molecule has 110 valence electrons. The fraction of sp³-hybridized carbons (Fsp3) is 0.750. The zero-order valence-electron chi connectivity index (χ0n) is 12.3. The Labute approximate surface area is 125 Å². The van der Waals surface area contributed by atoms with E-state index in [2.05, 4.69) is 11.8 Å². The van der Waals surface area contributed by atoms with Gasteiger partial charge < -0.3 is 4.90 Å². The molecular weight excluding hydrogens is 268 g/mol. The molecule has 0 N–H and O–H groups in total. The van der Waals surface area contributed by atoms with Crippen LogP contribution in [0.2, 0.25) is 0 Å². The Morgan fingerprint density at radius 3 is 2.85 bits per heavy atom. The van der Waals surface area contributed by atoms with Crippen LogP contribution < -0.4 is 4.90 Å². The van der Waals surface area contributed by atoms with Gasteiger partial charge in [-0.2, -0.15) is 0 Å². The number of nitrogens with zero attached hydrogens (tertiary/aromatic N) is 2. The van der Waals surface area contributed by atoms with Gasteiger partial charge in [0.15, 0.2) is 11.4 Å². The van der Waals surface area contributed by atoms with E-state index >= 15 is 0 Å². The minimum absolute atomic E-state index is 0.569. The molecule has 0 amide bonds. The third-order valence-electron chi connectivity index (χ3n) is 4.56. The summed E-state index contributed by atoms with van der Waals surface area (Å²) >= 11 is 1.60. The Hall–Kier alpha value is -0.900. The van der Waals surface area contributed by atoms with Gasteiger partial charge in [-0.25, -0.2) is 4.98 Å². The van der Waals surface area contributed by atoms with Gasteiger partial charge in [0, 0.05) is 19.0 Å². The number of hydrogen-bond acceptors (Lipinski definition) is 4. The van der Waals surface area contributed by atoms with Gasteiger partial charge in [-0.3, -0.25) is 4.79 Å². The van der Waals surface area contributed by atoms with Crippen molar-refractivity contribution in [2.24, 2.45) is 5.92 Å². The summed E-state index contributed by atoms with van der Waals surface area (Å²) in [6, 6.07) is 0. The van der Waals surface area contributed by atoms with E-state index in [1.54, 1.807) is 11.3 Å². The molecule has 1 unspecified atom stereocenters. The van der Waals surface area contributed by atoms with E-state index in [9.17, 15) is 4.79 Å². The Kier molecular flexibility index (Phi) is 4.39. The van der Waals surface area contributed by atoms with Crippen LogP contribution in [0, 0.1) is 5.92 Å². The summed E-state index contributed by atoms with van der Waals surface area (Å²) in [4.78, 5) is 19.3. The largest absolute Gasteiger partial charge is 0.348 e. The number of rotatable bonds is 5. The smallest absolute Gasteiger partial charge is 0.186 e. The van der Waals surface area contributed by atoms with Crippen molar-refractivity contribution >= 4 is 22.8 Å². The molecule has 0 spiro atoms. The topological polar surface area (TPSA) is 33.2 Å². The highest BCUT2D eigenvalue weighted by Crippen LogP contribution is 2.43. The molecule has 3 nitrogen and oxygen atoms in total. The van der Waals surface area contributed by atoms with Crippen molar-refractivity contribution in [1.82, 2.24) is 4.98 Å². The quantitative estimate of drug-likeness (QED) is 0.761. The molecule has 2 heterocycles. The predicted molar refractivity (Wildman–Crippen MR) is 83.9 cm³/mol. The molecule has 20 heavy (non-hydrogen) atoms. The minimum Gasteiger partial charge on any atom is -0.348 e. The molecule has 1 aromatic rings. The minimum atomic E-state index is 0.569. The Morgan fingerprint density at radius 2 is 2.15 bits per heavy atom. The van der Waals surface area contributed by atoms with Crippen molar-refractivity contribution in [2.45, 2.75) is 57.8 Å². The fourth-order valence-electron chi connectivity index (χ4n) is 3.25. The number of carbonyl (C=O) groups excluding carboxylic acids is 1. The molecule has 1 saturated carbocycles. The molecule has 0 aromatic carbocycles. The molecule has 1 saturated heterocycles. The maximum absolute atomic E-state index is 11.2. The maximum atomic E-state index is 11.2. The van der Waals surface area contributed by atoms with Crippen LogP contribution in [-0.2, 0) is 0 Å². The highest BCUT2D eigenvalue weighted by molar-refractivity contribution is 7.17. The lowest BCUT2D eigenvalue weighted by Crippen LogP contribution is -2.24. The van der Waals surface area contributed by atoms with Crippen LogP contribution in [0.25, 0.3) is 0 Å². The highest BCUT2D eigenvalue weighted by atomic mass is 32.1. The van der Waals surface area contributed by atoms with Gasteiger partial charge in [0.1, 0.15) is 0 Å². The first-order valence-electron chi connectivity index (χ1n) is 8.02. The first-order chi connectivity index (χ1) is 9.81. The zero-order valence-corrected chi connectivity index (χ0v) is 13.1. The van der Waals surface area contributed by atoms with Crippen LogP contribution in [-0.4, -0.2) is 24.4 Å². The van der Waals surface area contributed by atoms with Crippen molar-refractivity contribution in [3.05, 3.63) is 10.6 Å². The highest BCUT2D eigenvalue weighted by Gasteiger charge is 2.30. The maximum Gasteiger partial charge on any atom is 0.186 e. The number of thiazole rings is 1. The third kappa shape index (κ3) is 3.05. The van der Waals surface area contributed by atoms with Gasteiger partial charge in [-0.1, -0.05) is 31.1 Å². The Bertz CT molecular complexity index is 467. The van der Waals surface area contributed by atoms with Crippen molar-refractivity contribution in [3.8, 4) is 0 Å². The molecule has 4 heteroatoms. The second-order valence-electron chi connectivity index (χ2n) is 6.21. The summed E-state index contributed by atoms with van der Waals surface area (Å²) in [5.41, 5.74) is 1.08. The second-order valence-corrected chi connectivity index (χ2v) is 7.22. The number of aromatic nitrogens is 1. The molecule has 1 aromatic heterocycles. The van der Waals surface area contributed by atoms with Crippen LogP contribution in [0.5, 0.6) is 0 Å². The monoisotopic (exact) mass is 292 g/mol. The van der Waals surface area contributed by atoms with Crippen LogP contribution >= 0.6 is 11.3 Å². The summed E-state index contributed by atoms with van der Waals surface area (Å²) in [6.07, 6.45) is 9.98. The van der Waals surface area contributed by atoms with Crippen molar-refractivity contribution in [3.63, 3.8) is 0 Å². The van der Waals surface area contributed by atoms with Crippen LogP contribution in [0.15, 0.2) is 0 Å². The summed E-state index contributed by atoms with van der Waals surface area (Å²) < 4.78 is 0. The molecule has 1 aliphatic heterocycles. The van der Waals surface area contributed by atoms with Crippen molar-refractivity contribution in [2.75, 3.05) is 18.0 Å². The summed E-state index contributed by atoms with van der Waals surface area (Å²) in [7, 11) is 0. The van der Waals surface area contributed by atoms with E-state index in [0.717, 1.165) is 41.0 Å². The predicted octanol–water partition coefficient (Wildman–Crippen LogP) is 4.24. The van der Waals surface area contributed by atoms with Crippen LogP contribution in [0.1, 0.15) is 73.2 Å². The van der Waals surface area contributed by atoms with Crippen LogP contribution in [0.4, 0.5) is 5.13 Å². The SMILES string of the molecule is CCCC1CCCN(c2nc(C3CC3)c(C=O)s2)CC1. The van der Waals surface area contributed by atoms with Gasteiger partial charge in [-0.05, 0) is 38.0 Å². The zero-order chi connectivity index (χ0) is 13.9. The summed E-state index contributed by atoms with van der Waals surface area (Å²) in [5.74, 6) is 1.46. The summed E-state index contributed by atoms with van der Waals surface area (Å²) in [5, 5.41) is 1.09. The lowest BCUT2D eigenvalue weighted by molar-refractivity contribution is 0.112. The standard InChI is InChI=1S/C16H24N2OS/c1-2-4-12-5-3-9-18(10-8-12)16-17-15(13-6-7-13)14(11-19)20-16/h11-13H,2-10H2,1H3. The van der Waals surface area contributed by atoms with Crippen molar-refractivity contribution < 1.29 is 4.79 Å². The van der Waals surface area contributed by atoms with Gasteiger partial charge >= 0.3 is 0 Å². The molecule has 1 atom stereocenters. The molecule has 1 aliphatic carbocycles. The Morgan fingerprint density at radius 1 is 1.30 bits per heavy atom. The third-order valence-corrected chi connectivity index (χ3v) is 5.61. The van der Waals surface area contributed by atoms with Crippen molar-refractivity contribution in [1.29, 1.82) is 0 Å².